The highest BCUT2D eigenvalue weighted by Crippen LogP contribution is 2.35. The van der Waals surface area contributed by atoms with Gasteiger partial charge in [-0.2, -0.15) is 13.2 Å². The van der Waals surface area contributed by atoms with Gasteiger partial charge in [-0.25, -0.2) is 4.98 Å². The van der Waals surface area contributed by atoms with Crippen LogP contribution in [-0.4, -0.2) is 42.1 Å². The van der Waals surface area contributed by atoms with Gasteiger partial charge in [0.2, 0.25) is 0 Å². The SMILES string of the molecule is O=C(Nc1ccc(CN2CCOCC2)cn1)c1ccc(Cl)c(C(F)(F)F)c1. The Kier molecular flexibility index (Phi) is 5.98. The van der Waals surface area contributed by atoms with Gasteiger partial charge in [0, 0.05) is 31.4 Å². The van der Waals surface area contributed by atoms with Gasteiger partial charge in [0.25, 0.3) is 5.91 Å². The first kappa shape index (κ1) is 19.6. The molecular formula is C18H17ClF3N3O2. The highest BCUT2D eigenvalue weighted by atomic mass is 35.5. The summed E-state index contributed by atoms with van der Waals surface area (Å²) in [5, 5.41) is 2.04. The first-order chi connectivity index (χ1) is 12.8. The number of alkyl halides is 3. The molecule has 1 fully saturated rings. The van der Waals surface area contributed by atoms with E-state index in [-0.39, 0.29) is 11.4 Å². The van der Waals surface area contributed by atoms with Crippen LogP contribution in [0.2, 0.25) is 5.02 Å². The molecule has 144 valence electrons. The number of hydrogen-bond acceptors (Lipinski definition) is 4. The summed E-state index contributed by atoms with van der Waals surface area (Å²) in [5.74, 6) is -0.431. The summed E-state index contributed by atoms with van der Waals surface area (Å²) in [7, 11) is 0. The number of anilines is 1. The summed E-state index contributed by atoms with van der Waals surface area (Å²) in [4.78, 5) is 18.6. The lowest BCUT2D eigenvalue weighted by Crippen LogP contribution is -2.35. The topological polar surface area (TPSA) is 54.5 Å². The maximum atomic E-state index is 12.9. The molecule has 2 heterocycles. The molecule has 1 aromatic carbocycles. The van der Waals surface area contributed by atoms with Gasteiger partial charge in [0.15, 0.2) is 0 Å². The first-order valence-electron chi connectivity index (χ1n) is 8.26. The Morgan fingerprint density at radius 2 is 1.96 bits per heavy atom. The van der Waals surface area contributed by atoms with Gasteiger partial charge in [-0.15, -0.1) is 0 Å². The van der Waals surface area contributed by atoms with Crippen molar-refractivity contribution in [3.8, 4) is 0 Å². The molecular weight excluding hydrogens is 383 g/mol. The van der Waals surface area contributed by atoms with Crippen molar-refractivity contribution in [2.45, 2.75) is 12.7 Å². The maximum absolute atomic E-state index is 12.9. The molecule has 0 radical (unpaired) electrons. The fourth-order valence-corrected chi connectivity index (χ4v) is 2.91. The first-order valence-corrected chi connectivity index (χ1v) is 8.64. The highest BCUT2D eigenvalue weighted by Gasteiger charge is 2.33. The van der Waals surface area contributed by atoms with E-state index in [1.165, 1.54) is 6.07 Å². The fraction of sp³-hybridized carbons (Fsp3) is 0.333. The second-order valence-electron chi connectivity index (χ2n) is 6.09. The van der Waals surface area contributed by atoms with Gasteiger partial charge >= 0.3 is 6.18 Å². The number of ether oxygens (including phenoxy) is 1. The largest absolute Gasteiger partial charge is 0.417 e. The number of halogens is 4. The molecule has 1 N–H and O–H groups in total. The minimum absolute atomic E-state index is 0.147. The van der Waals surface area contributed by atoms with Crippen molar-refractivity contribution in [1.29, 1.82) is 0 Å². The number of carbonyl (C=O) groups excluding carboxylic acids is 1. The van der Waals surface area contributed by atoms with Crippen LogP contribution < -0.4 is 5.32 Å². The molecule has 0 aliphatic carbocycles. The molecule has 1 aliphatic rings. The number of aromatic nitrogens is 1. The molecule has 1 aromatic heterocycles. The zero-order valence-electron chi connectivity index (χ0n) is 14.2. The molecule has 5 nitrogen and oxygen atoms in total. The van der Waals surface area contributed by atoms with Crippen molar-refractivity contribution >= 4 is 23.3 Å². The third kappa shape index (κ3) is 5.18. The zero-order chi connectivity index (χ0) is 19.4. The smallest absolute Gasteiger partial charge is 0.379 e. The molecule has 27 heavy (non-hydrogen) atoms. The monoisotopic (exact) mass is 399 g/mol. The Morgan fingerprint density at radius 1 is 1.22 bits per heavy atom. The van der Waals surface area contributed by atoms with Crippen LogP contribution in [0, 0.1) is 0 Å². The Labute approximate surface area is 159 Å². The summed E-state index contributed by atoms with van der Waals surface area (Å²) in [6, 6.07) is 6.46. The van der Waals surface area contributed by atoms with Crippen LogP contribution in [-0.2, 0) is 17.5 Å². The molecule has 1 amide bonds. The van der Waals surface area contributed by atoms with Crippen LogP contribution in [0.5, 0.6) is 0 Å². The number of carbonyl (C=O) groups is 1. The zero-order valence-corrected chi connectivity index (χ0v) is 15.0. The van der Waals surface area contributed by atoms with Crippen LogP contribution in [0.1, 0.15) is 21.5 Å². The second-order valence-corrected chi connectivity index (χ2v) is 6.49. The van der Waals surface area contributed by atoms with Gasteiger partial charge in [-0.1, -0.05) is 17.7 Å². The number of morpholine rings is 1. The van der Waals surface area contributed by atoms with E-state index >= 15 is 0 Å². The standard InChI is InChI=1S/C18H17ClF3N3O2/c19-15-3-2-13(9-14(15)18(20,21)22)17(26)24-16-4-1-12(10-23-16)11-25-5-7-27-8-6-25/h1-4,9-10H,5-8,11H2,(H,23,24,26). The van der Waals surface area contributed by atoms with Crippen LogP contribution in [0.4, 0.5) is 19.0 Å². The maximum Gasteiger partial charge on any atom is 0.417 e. The number of nitrogens with one attached hydrogen (secondary N) is 1. The highest BCUT2D eigenvalue weighted by molar-refractivity contribution is 6.31. The Balaban J connectivity index is 1.65. The van der Waals surface area contributed by atoms with E-state index in [4.69, 9.17) is 16.3 Å². The number of rotatable bonds is 4. The summed E-state index contributed by atoms with van der Waals surface area (Å²) in [6.45, 7) is 3.80. The lowest BCUT2D eigenvalue weighted by molar-refractivity contribution is -0.137. The number of nitrogens with zero attached hydrogens (tertiary/aromatic N) is 2. The lowest BCUT2D eigenvalue weighted by atomic mass is 10.1. The molecule has 1 saturated heterocycles. The van der Waals surface area contributed by atoms with Crippen molar-refractivity contribution in [2.24, 2.45) is 0 Å². The Bertz CT molecular complexity index is 806. The van der Waals surface area contributed by atoms with E-state index < -0.39 is 22.7 Å². The summed E-state index contributed by atoms with van der Waals surface area (Å²) in [5.41, 5.74) is -0.225. The molecule has 0 atom stereocenters. The van der Waals surface area contributed by atoms with Gasteiger partial charge in [-0.3, -0.25) is 9.69 Å². The third-order valence-electron chi connectivity index (χ3n) is 4.11. The van der Waals surface area contributed by atoms with Crippen LogP contribution in [0.3, 0.4) is 0 Å². The van der Waals surface area contributed by atoms with Gasteiger partial charge in [0.1, 0.15) is 5.82 Å². The third-order valence-corrected chi connectivity index (χ3v) is 4.44. The van der Waals surface area contributed by atoms with E-state index in [1.54, 1.807) is 12.3 Å². The van der Waals surface area contributed by atoms with Crippen molar-refractivity contribution in [3.05, 3.63) is 58.2 Å². The predicted octanol–water partition coefficient (Wildman–Crippen LogP) is 3.84. The minimum Gasteiger partial charge on any atom is -0.379 e. The molecule has 9 heteroatoms. The normalized spacial score (nSPS) is 15.6. The number of amides is 1. The van der Waals surface area contributed by atoms with Crippen LogP contribution in [0.15, 0.2) is 36.5 Å². The summed E-state index contributed by atoms with van der Waals surface area (Å²) < 4.78 is 44.0. The van der Waals surface area contributed by atoms with Crippen molar-refractivity contribution < 1.29 is 22.7 Å². The van der Waals surface area contributed by atoms with Crippen LogP contribution >= 0.6 is 11.6 Å². The molecule has 2 aromatic rings. The van der Waals surface area contributed by atoms with Crippen molar-refractivity contribution in [2.75, 3.05) is 31.6 Å². The van der Waals surface area contributed by atoms with E-state index in [1.807, 2.05) is 6.07 Å². The Morgan fingerprint density at radius 3 is 2.59 bits per heavy atom. The van der Waals surface area contributed by atoms with Crippen LogP contribution in [0.25, 0.3) is 0 Å². The summed E-state index contributed by atoms with van der Waals surface area (Å²) >= 11 is 5.57. The molecule has 1 aliphatic heterocycles. The molecule has 0 saturated carbocycles. The van der Waals surface area contributed by atoms with Crippen molar-refractivity contribution in [3.63, 3.8) is 0 Å². The average Bonchev–Trinajstić information content (AvgIpc) is 2.63. The van der Waals surface area contributed by atoms with Gasteiger partial charge < -0.3 is 10.1 Å². The van der Waals surface area contributed by atoms with E-state index in [0.717, 1.165) is 37.3 Å². The van der Waals surface area contributed by atoms with E-state index in [9.17, 15) is 18.0 Å². The summed E-state index contributed by atoms with van der Waals surface area (Å²) in [6.07, 6.45) is -3.00. The quantitative estimate of drug-likeness (QED) is 0.848. The number of hydrogen-bond donors (Lipinski definition) is 1. The van der Waals surface area contributed by atoms with Gasteiger partial charge in [0.05, 0.1) is 23.8 Å². The lowest BCUT2D eigenvalue weighted by Gasteiger charge is -2.26. The number of pyridine rings is 1. The minimum atomic E-state index is -4.63. The molecule has 0 bridgehead atoms. The predicted molar refractivity (Wildman–Crippen MR) is 94.7 cm³/mol. The molecule has 0 spiro atoms. The second kappa shape index (κ2) is 8.24. The number of benzene rings is 1. The average molecular weight is 400 g/mol. The van der Waals surface area contributed by atoms with E-state index in [2.05, 4.69) is 15.2 Å². The fourth-order valence-electron chi connectivity index (χ4n) is 2.68. The Hall–Kier alpha value is -2.16. The van der Waals surface area contributed by atoms with Crippen molar-refractivity contribution in [1.82, 2.24) is 9.88 Å². The van der Waals surface area contributed by atoms with E-state index in [0.29, 0.717) is 13.2 Å². The molecule has 3 rings (SSSR count). The molecule has 0 unspecified atom stereocenters. The van der Waals surface area contributed by atoms with Gasteiger partial charge in [-0.05, 0) is 29.8 Å².